The minimum Gasteiger partial charge on any atom is -0.461 e. The summed E-state index contributed by atoms with van der Waals surface area (Å²) in [6.45, 7) is 6.13. The van der Waals surface area contributed by atoms with Crippen LogP contribution in [0.2, 0.25) is 0 Å². The van der Waals surface area contributed by atoms with E-state index in [9.17, 15) is 4.79 Å². The number of rotatable bonds is 5. The molecule has 0 atom stereocenters. The Bertz CT molecular complexity index is 320. The van der Waals surface area contributed by atoms with Crippen molar-refractivity contribution in [3.8, 4) is 0 Å². The molecule has 0 aliphatic heterocycles. The largest absolute Gasteiger partial charge is 0.461 e. The molecule has 0 aliphatic rings. The zero-order valence-corrected chi connectivity index (χ0v) is 11.2. The van der Waals surface area contributed by atoms with Gasteiger partial charge >= 0.3 is 5.97 Å². The molecule has 96 valence electrons. The molecule has 0 spiro atoms. The maximum Gasteiger partial charge on any atom is 0.302 e. The number of benzene rings is 1. The highest BCUT2D eigenvalue weighted by molar-refractivity contribution is 5.65. The summed E-state index contributed by atoms with van der Waals surface area (Å²) in [5.74, 6) is -0.477. The minimum absolute atomic E-state index is 0.270. The Kier molecular flexibility index (Phi) is 8.00. The van der Waals surface area contributed by atoms with Crippen molar-refractivity contribution in [3.63, 3.8) is 0 Å². The number of unbranched alkanes of at least 4 members (excludes halogenated alkanes) is 1. The van der Waals surface area contributed by atoms with Crippen LogP contribution in [-0.2, 0) is 22.6 Å². The van der Waals surface area contributed by atoms with E-state index in [1.54, 1.807) is 0 Å². The highest BCUT2D eigenvalue weighted by Gasteiger charge is 1.97. The average molecular weight is 237 g/mol. The topological polar surface area (TPSA) is 26.3 Å². The van der Waals surface area contributed by atoms with Crippen molar-refractivity contribution in [2.45, 2.75) is 53.5 Å². The van der Waals surface area contributed by atoms with Crippen molar-refractivity contribution in [1.29, 1.82) is 0 Å². The standard InChI is InChI=1S/C13H18O2.C2H6/c1-3-4-5-12-6-8-13(9-7-12)10-15-11(2)14;1-2/h6-9H,3-5,10H2,1-2H3;1-2H3/i2D;. The summed E-state index contributed by atoms with van der Waals surface area (Å²) in [7, 11) is 0. The summed E-state index contributed by atoms with van der Waals surface area (Å²) in [6.07, 6.45) is 3.50. The molecule has 2 nitrogen and oxygen atoms in total. The maximum atomic E-state index is 10.8. The lowest BCUT2D eigenvalue weighted by Crippen LogP contribution is -1.98. The van der Waals surface area contributed by atoms with Gasteiger partial charge in [0.2, 0.25) is 0 Å². The number of ether oxygens (including phenoxy) is 1. The fraction of sp³-hybridized carbons (Fsp3) is 0.533. The highest BCUT2D eigenvalue weighted by atomic mass is 16.5. The van der Waals surface area contributed by atoms with Crippen molar-refractivity contribution in [1.82, 2.24) is 0 Å². The summed E-state index contributed by atoms with van der Waals surface area (Å²) in [5, 5.41) is 0. The first-order valence-corrected chi connectivity index (χ1v) is 6.29. The van der Waals surface area contributed by atoms with Crippen molar-refractivity contribution >= 4 is 5.97 Å². The van der Waals surface area contributed by atoms with Crippen LogP contribution < -0.4 is 0 Å². The van der Waals surface area contributed by atoms with Crippen LogP contribution in [0.25, 0.3) is 0 Å². The predicted octanol–water partition coefficient (Wildman–Crippen LogP) is 4.12. The number of hydrogen-bond acceptors (Lipinski definition) is 2. The third-order valence-electron chi connectivity index (χ3n) is 2.24. The van der Waals surface area contributed by atoms with Crippen LogP contribution in [0.1, 0.15) is 53.0 Å². The van der Waals surface area contributed by atoms with Crippen molar-refractivity contribution in [3.05, 3.63) is 35.4 Å². The Morgan fingerprint density at radius 1 is 1.24 bits per heavy atom. The summed E-state index contributed by atoms with van der Waals surface area (Å²) in [5.41, 5.74) is 2.29. The van der Waals surface area contributed by atoms with Gasteiger partial charge in [0.05, 0.1) is 0 Å². The van der Waals surface area contributed by atoms with E-state index in [-0.39, 0.29) is 13.5 Å². The molecule has 0 aliphatic carbocycles. The molecule has 0 fully saturated rings. The highest BCUT2D eigenvalue weighted by Crippen LogP contribution is 2.08. The second-order valence-electron chi connectivity index (χ2n) is 3.58. The van der Waals surface area contributed by atoms with E-state index in [2.05, 4.69) is 19.1 Å². The fourth-order valence-corrected chi connectivity index (χ4v) is 1.35. The zero-order valence-electron chi connectivity index (χ0n) is 12.2. The summed E-state index contributed by atoms with van der Waals surface area (Å²) in [6, 6.07) is 8.09. The molecule has 0 heterocycles. The molecule has 0 saturated carbocycles. The van der Waals surface area contributed by atoms with E-state index in [4.69, 9.17) is 6.11 Å². The normalized spacial score (nSPS) is 9.94. The van der Waals surface area contributed by atoms with Crippen LogP contribution in [0.15, 0.2) is 24.3 Å². The maximum absolute atomic E-state index is 10.8. The van der Waals surface area contributed by atoms with E-state index in [1.807, 2.05) is 26.0 Å². The van der Waals surface area contributed by atoms with Gasteiger partial charge in [-0.15, -0.1) is 0 Å². The number of carbonyl (C=O) groups excluding carboxylic acids is 1. The summed E-state index contributed by atoms with van der Waals surface area (Å²) < 4.78 is 11.7. The van der Waals surface area contributed by atoms with Crippen LogP contribution in [-0.4, -0.2) is 5.97 Å². The molecule has 1 aromatic rings. The lowest BCUT2D eigenvalue weighted by Gasteiger charge is -2.04. The van der Waals surface area contributed by atoms with Gasteiger partial charge in [0.25, 0.3) is 0 Å². The third kappa shape index (κ3) is 7.56. The van der Waals surface area contributed by atoms with Gasteiger partial charge in [-0.25, -0.2) is 0 Å². The SMILES string of the molecule is CC.[2H]CC(=O)OCc1ccc(CCCC)cc1. The number of esters is 1. The lowest BCUT2D eigenvalue weighted by atomic mass is 10.1. The predicted molar refractivity (Wildman–Crippen MR) is 71.9 cm³/mol. The van der Waals surface area contributed by atoms with Crippen molar-refractivity contribution in [2.24, 2.45) is 0 Å². The van der Waals surface area contributed by atoms with Crippen LogP contribution >= 0.6 is 0 Å². The second kappa shape index (κ2) is 9.88. The van der Waals surface area contributed by atoms with Crippen LogP contribution in [0, 0.1) is 0 Å². The Balaban J connectivity index is 0.00000137. The second-order valence-corrected chi connectivity index (χ2v) is 3.58. The van der Waals surface area contributed by atoms with Gasteiger partial charge < -0.3 is 4.74 Å². The number of carbonyl (C=O) groups is 1. The van der Waals surface area contributed by atoms with Crippen molar-refractivity contribution < 1.29 is 10.9 Å². The van der Waals surface area contributed by atoms with Gasteiger partial charge in [-0.3, -0.25) is 4.79 Å². The Morgan fingerprint density at radius 2 is 1.82 bits per heavy atom. The molecule has 1 rings (SSSR count). The van der Waals surface area contributed by atoms with E-state index in [1.165, 1.54) is 18.4 Å². The Hall–Kier alpha value is -1.31. The first-order chi connectivity index (χ1) is 8.76. The average Bonchev–Trinajstić information content (AvgIpc) is 2.45. The van der Waals surface area contributed by atoms with E-state index >= 15 is 0 Å². The molecule has 2 heteroatoms. The lowest BCUT2D eigenvalue weighted by molar-refractivity contribution is -0.142. The zero-order chi connectivity index (χ0) is 13.8. The van der Waals surface area contributed by atoms with Crippen LogP contribution in [0.5, 0.6) is 0 Å². The molecule has 0 N–H and O–H groups in total. The van der Waals surface area contributed by atoms with Gasteiger partial charge in [-0.2, -0.15) is 0 Å². The minimum atomic E-state index is -0.477. The van der Waals surface area contributed by atoms with Crippen LogP contribution in [0.3, 0.4) is 0 Å². The Morgan fingerprint density at radius 3 is 2.35 bits per heavy atom. The summed E-state index contributed by atoms with van der Waals surface area (Å²) >= 11 is 0. The smallest absolute Gasteiger partial charge is 0.302 e. The van der Waals surface area contributed by atoms with Gasteiger partial charge in [-0.05, 0) is 24.0 Å². The van der Waals surface area contributed by atoms with Gasteiger partial charge in [0.15, 0.2) is 0 Å². The molecular weight excluding hydrogens is 212 g/mol. The van der Waals surface area contributed by atoms with Gasteiger partial charge in [0.1, 0.15) is 6.61 Å². The fourth-order valence-electron chi connectivity index (χ4n) is 1.35. The monoisotopic (exact) mass is 237 g/mol. The number of hydrogen-bond donors (Lipinski definition) is 0. The molecule has 0 unspecified atom stereocenters. The molecule has 0 aromatic heterocycles. The first-order valence-electron chi connectivity index (χ1n) is 6.99. The van der Waals surface area contributed by atoms with Gasteiger partial charge in [-0.1, -0.05) is 51.5 Å². The molecule has 1 aromatic carbocycles. The van der Waals surface area contributed by atoms with Crippen LogP contribution in [0.4, 0.5) is 0 Å². The molecule has 0 radical (unpaired) electrons. The third-order valence-corrected chi connectivity index (χ3v) is 2.24. The quantitative estimate of drug-likeness (QED) is 0.720. The first kappa shape index (κ1) is 13.8. The summed E-state index contributed by atoms with van der Waals surface area (Å²) in [4.78, 5) is 10.8. The molecule has 0 amide bonds. The van der Waals surface area contributed by atoms with Gasteiger partial charge in [0, 0.05) is 8.27 Å². The molecule has 17 heavy (non-hydrogen) atoms. The van der Waals surface area contributed by atoms with E-state index in [0.29, 0.717) is 0 Å². The number of aryl methyl sites for hydroxylation is 1. The molecular formula is C15H24O2. The van der Waals surface area contributed by atoms with E-state index in [0.717, 1.165) is 12.0 Å². The van der Waals surface area contributed by atoms with Crippen molar-refractivity contribution in [2.75, 3.05) is 0 Å². The molecule has 0 saturated heterocycles. The Labute approximate surface area is 106 Å². The van der Waals surface area contributed by atoms with E-state index < -0.39 is 5.97 Å². The molecule has 0 bridgehead atoms.